The highest BCUT2D eigenvalue weighted by Crippen LogP contribution is 2.28. The molecule has 0 fully saturated rings. The Balaban J connectivity index is 2.03. The normalized spacial score (nSPS) is 15.3. The van der Waals surface area contributed by atoms with E-state index in [-0.39, 0.29) is 5.41 Å². The van der Waals surface area contributed by atoms with Gasteiger partial charge in [-0.2, -0.15) is 0 Å². The summed E-state index contributed by atoms with van der Waals surface area (Å²) in [6.45, 7) is 7.46. The van der Waals surface area contributed by atoms with Gasteiger partial charge in [-0.15, -0.1) is 0 Å². The first-order valence-electron chi connectivity index (χ1n) is 7.66. The van der Waals surface area contributed by atoms with E-state index in [0.717, 1.165) is 26.1 Å². The smallest absolute Gasteiger partial charge is 0.00431 e. The molecule has 0 spiro atoms. The Morgan fingerprint density at radius 3 is 2.63 bits per heavy atom. The maximum Gasteiger partial charge on any atom is 0.00431 e. The Labute approximate surface area is 117 Å². The Bertz CT molecular complexity index is 410. The van der Waals surface area contributed by atoms with Crippen molar-refractivity contribution in [3.8, 4) is 0 Å². The summed E-state index contributed by atoms with van der Waals surface area (Å²) in [5, 5.41) is 3.53. The molecule has 1 aliphatic carbocycles. The van der Waals surface area contributed by atoms with E-state index in [1.807, 2.05) is 0 Å². The first-order chi connectivity index (χ1) is 9.13. The van der Waals surface area contributed by atoms with E-state index in [1.165, 1.54) is 31.2 Å². The second-order valence-corrected chi connectivity index (χ2v) is 6.39. The number of benzene rings is 1. The number of hydrogen-bond donors (Lipinski definition) is 2. The lowest BCUT2D eigenvalue weighted by molar-refractivity contribution is 0.466. The van der Waals surface area contributed by atoms with Crippen LogP contribution in [0.1, 0.15) is 49.8 Å². The molecule has 1 aromatic rings. The van der Waals surface area contributed by atoms with Crippen LogP contribution in [0.5, 0.6) is 0 Å². The zero-order chi connectivity index (χ0) is 13.7. The molecular weight excluding hydrogens is 232 g/mol. The fourth-order valence-electron chi connectivity index (χ4n) is 2.88. The van der Waals surface area contributed by atoms with Gasteiger partial charge in [0.1, 0.15) is 0 Å². The van der Waals surface area contributed by atoms with Gasteiger partial charge >= 0.3 is 0 Å². The SMILES string of the molecule is CC(C)(CNCCCN)c1ccc2c(c1)CCCC2. The van der Waals surface area contributed by atoms with Crippen molar-refractivity contribution < 1.29 is 0 Å². The van der Waals surface area contributed by atoms with Gasteiger partial charge in [0.2, 0.25) is 0 Å². The maximum absolute atomic E-state index is 5.53. The highest BCUT2D eigenvalue weighted by molar-refractivity contribution is 5.37. The molecule has 0 aromatic heterocycles. The van der Waals surface area contributed by atoms with E-state index < -0.39 is 0 Å². The van der Waals surface area contributed by atoms with Crippen LogP contribution < -0.4 is 11.1 Å². The third-order valence-electron chi connectivity index (χ3n) is 4.25. The first kappa shape index (κ1) is 14.5. The van der Waals surface area contributed by atoms with Crippen molar-refractivity contribution in [1.82, 2.24) is 5.32 Å². The third kappa shape index (κ3) is 3.80. The van der Waals surface area contributed by atoms with Crippen LogP contribution in [0.25, 0.3) is 0 Å². The molecule has 0 radical (unpaired) electrons. The fourth-order valence-corrected chi connectivity index (χ4v) is 2.88. The number of nitrogens with two attached hydrogens (primary N) is 1. The average Bonchev–Trinajstić information content (AvgIpc) is 2.43. The van der Waals surface area contributed by atoms with Crippen molar-refractivity contribution in [3.05, 3.63) is 34.9 Å². The molecule has 1 aromatic carbocycles. The van der Waals surface area contributed by atoms with Crippen molar-refractivity contribution in [3.63, 3.8) is 0 Å². The molecule has 0 bridgehead atoms. The second kappa shape index (κ2) is 6.53. The van der Waals surface area contributed by atoms with Crippen molar-refractivity contribution in [2.45, 2.75) is 51.4 Å². The monoisotopic (exact) mass is 260 g/mol. The second-order valence-electron chi connectivity index (χ2n) is 6.39. The number of hydrogen-bond acceptors (Lipinski definition) is 2. The van der Waals surface area contributed by atoms with E-state index in [0.29, 0.717) is 0 Å². The van der Waals surface area contributed by atoms with Crippen LogP contribution in [-0.4, -0.2) is 19.6 Å². The van der Waals surface area contributed by atoms with Crippen molar-refractivity contribution in [2.24, 2.45) is 5.73 Å². The number of nitrogens with one attached hydrogen (secondary N) is 1. The van der Waals surface area contributed by atoms with Gasteiger partial charge in [-0.3, -0.25) is 0 Å². The molecule has 0 aliphatic heterocycles. The molecule has 2 heteroatoms. The van der Waals surface area contributed by atoms with Crippen LogP contribution in [0.2, 0.25) is 0 Å². The summed E-state index contributed by atoms with van der Waals surface area (Å²) in [6, 6.07) is 7.12. The number of rotatable bonds is 6. The molecule has 0 unspecified atom stereocenters. The molecule has 0 saturated heterocycles. The Morgan fingerprint density at radius 2 is 1.89 bits per heavy atom. The molecular formula is C17H28N2. The van der Waals surface area contributed by atoms with E-state index in [4.69, 9.17) is 5.73 Å². The summed E-state index contributed by atoms with van der Waals surface area (Å²) < 4.78 is 0. The minimum absolute atomic E-state index is 0.196. The third-order valence-corrected chi connectivity index (χ3v) is 4.25. The standard InChI is InChI=1S/C17H28N2/c1-17(2,13-19-11-5-10-18)16-9-8-14-6-3-4-7-15(14)12-16/h8-9,12,19H,3-7,10-11,13,18H2,1-2H3. The molecule has 3 N–H and O–H groups in total. The lowest BCUT2D eigenvalue weighted by atomic mass is 9.80. The molecule has 0 atom stereocenters. The van der Waals surface area contributed by atoms with Crippen LogP contribution in [0, 0.1) is 0 Å². The fraction of sp³-hybridized carbons (Fsp3) is 0.647. The zero-order valence-corrected chi connectivity index (χ0v) is 12.5. The van der Waals surface area contributed by atoms with E-state index >= 15 is 0 Å². The van der Waals surface area contributed by atoms with Crippen molar-refractivity contribution >= 4 is 0 Å². The van der Waals surface area contributed by atoms with Gasteiger partial charge in [0, 0.05) is 12.0 Å². The molecule has 2 rings (SSSR count). The Hall–Kier alpha value is -0.860. The quantitative estimate of drug-likeness (QED) is 0.772. The highest BCUT2D eigenvalue weighted by Gasteiger charge is 2.21. The van der Waals surface area contributed by atoms with Crippen LogP contribution >= 0.6 is 0 Å². The molecule has 1 aliphatic rings. The Kier molecular flexibility index (Phi) is 5.00. The Morgan fingerprint density at radius 1 is 1.16 bits per heavy atom. The van der Waals surface area contributed by atoms with Crippen LogP contribution in [0.15, 0.2) is 18.2 Å². The molecule has 0 saturated carbocycles. The molecule has 0 amide bonds. The predicted octanol–water partition coefficient (Wildman–Crippen LogP) is 2.78. The van der Waals surface area contributed by atoms with Gasteiger partial charge in [-0.05, 0) is 61.9 Å². The predicted molar refractivity (Wildman–Crippen MR) is 82.7 cm³/mol. The van der Waals surface area contributed by atoms with Gasteiger partial charge in [-0.1, -0.05) is 32.0 Å². The summed E-state index contributed by atoms with van der Waals surface area (Å²) in [6.07, 6.45) is 6.30. The average molecular weight is 260 g/mol. The van der Waals surface area contributed by atoms with Crippen LogP contribution in [-0.2, 0) is 18.3 Å². The highest BCUT2D eigenvalue weighted by atomic mass is 14.9. The van der Waals surface area contributed by atoms with Crippen LogP contribution in [0.4, 0.5) is 0 Å². The minimum atomic E-state index is 0.196. The minimum Gasteiger partial charge on any atom is -0.330 e. The lowest BCUT2D eigenvalue weighted by Gasteiger charge is -2.28. The lowest BCUT2D eigenvalue weighted by Crippen LogP contribution is -2.34. The summed E-state index contributed by atoms with van der Waals surface area (Å²) in [5.41, 5.74) is 10.3. The van der Waals surface area contributed by atoms with E-state index in [1.54, 1.807) is 11.1 Å². The topological polar surface area (TPSA) is 38.0 Å². The van der Waals surface area contributed by atoms with E-state index in [2.05, 4.69) is 37.4 Å². The molecule has 2 nitrogen and oxygen atoms in total. The molecule has 0 heterocycles. The number of fused-ring (bicyclic) bond motifs is 1. The van der Waals surface area contributed by atoms with Crippen LogP contribution in [0.3, 0.4) is 0 Å². The first-order valence-corrected chi connectivity index (χ1v) is 7.66. The van der Waals surface area contributed by atoms with Gasteiger partial charge in [0.25, 0.3) is 0 Å². The zero-order valence-electron chi connectivity index (χ0n) is 12.5. The largest absolute Gasteiger partial charge is 0.330 e. The number of aryl methyl sites for hydroxylation is 2. The summed E-state index contributed by atoms with van der Waals surface area (Å²) in [4.78, 5) is 0. The van der Waals surface area contributed by atoms with Gasteiger partial charge in [0.05, 0.1) is 0 Å². The summed E-state index contributed by atoms with van der Waals surface area (Å²) in [7, 11) is 0. The summed E-state index contributed by atoms with van der Waals surface area (Å²) in [5.74, 6) is 0. The summed E-state index contributed by atoms with van der Waals surface area (Å²) >= 11 is 0. The molecule has 106 valence electrons. The van der Waals surface area contributed by atoms with Gasteiger partial charge < -0.3 is 11.1 Å². The molecule has 19 heavy (non-hydrogen) atoms. The maximum atomic E-state index is 5.53. The van der Waals surface area contributed by atoms with Gasteiger partial charge in [-0.25, -0.2) is 0 Å². The van der Waals surface area contributed by atoms with E-state index in [9.17, 15) is 0 Å². The van der Waals surface area contributed by atoms with Crippen molar-refractivity contribution in [1.29, 1.82) is 0 Å². The van der Waals surface area contributed by atoms with Gasteiger partial charge in [0.15, 0.2) is 0 Å². The van der Waals surface area contributed by atoms with Crippen molar-refractivity contribution in [2.75, 3.05) is 19.6 Å².